The number of hydrogen-bond donors (Lipinski definition) is 0. The molecule has 26 heavy (non-hydrogen) atoms. The molecule has 0 aliphatic heterocycles. The predicted molar refractivity (Wildman–Crippen MR) is 114 cm³/mol. The normalized spacial score (nSPS) is 9.92. The smallest absolute Gasteiger partial charge is 0.0178 e. The van der Waals surface area contributed by atoms with Gasteiger partial charge in [0.1, 0.15) is 0 Å². The Bertz CT molecular complexity index is 857. The first-order valence-corrected chi connectivity index (χ1v) is 9.21. The van der Waals surface area contributed by atoms with Crippen molar-refractivity contribution in [1.29, 1.82) is 0 Å². The van der Waals surface area contributed by atoms with Gasteiger partial charge in [-0.2, -0.15) is 0 Å². The van der Waals surface area contributed by atoms with Crippen LogP contribution in [0.25, 0.3) is 33.4 Å². The molecule has 4 aromatic rings. The molecule has 0 saturated carbocycles. The highest BCUT2D eigenvalue weighted by Crippen LogP contribution is 2.29. The molecule has 0 bridgehead atoms. The van der Waals surface area contributed by atoms with Crippen molar-refractivity contribution in [3.8, 4) is 33.4 Å². The van der Waals surface area contributed by atoms with Crippen LogP contribution in [0.5, 0.6) is 0 Å². The zero-order chi connectivity index (χ0) is 18.2. The van der Waals surface area contributed by atoms with Gasteiger partial charge in [-0.3, -0.25) is 0 Å². The maximum atomic E-state index is 2.26. The summed E-state index contributed by atoms with van der Waals surface area (Å²) in [5.74, 6) is 0. The summed E-state index contributed by atoms with van der Waals surface area (Å²) in [7, 11) is 0. The monoisotopic (exact) mass is 336 g/mol. The van der Waals surface area contributed by atoms with E-state index in [4.69, 9.17) is 0 Å². The summed E-state index contributed by atoms with van der Waals surface area (Å²) >= 11 is 0. The Kier molecular flexibility index (Phi) is 6.01. The minimum Gasteiger partial charge on any atom is -0.0683 e. The molecule has 0 nitrogen and oxygen atoms in total. The minimum atomic E-state index is 1.24. The van der Waals surface area contributed by atoms with Crippen molar-refractivity contribution >= 4 is 0 Å². The molecule has 4 aromatic carbocycles. The van der Waals surface area contributed by atoms with Gasteiger partial charge in [0.15, 0.2) is 0 Å². The minimum absolute atomic E-state index is 1.24. The van der Waals surface area contributed by atoms with Gasteiger partial charge in [0, 0.05) is 0 Å². The first-order chi connectivity index (χ1) is 12.9. The molecule has 0 amide bonds. The van der Waals surface area contributed by atoms with Gasteiger partial charge in [0.2, 0.25) is 0 Å². The summed E-state index contributed by atoms with van der Waals surface area (Å²) < 4.78 is 0. The molecule has 4 rings (SSSR count). The van der Waals surface area contributed by atoms with E-state index in [1.807, 2.05) is 13.8 Å². The lowest BCUT2D eigenvalue weighted by atomic mass is 9.96. The molecule has 0 unspecified atom stereocenters. The Balaban J connectivity index is 0.000000948. The molecule has 0 atom stereocenters. The topological polar surface area (TPSA) is 0 Å². The Hall–Kier alpha value is -3.12. The van der Waals surface area contributed by atoms with Gasteiger partial charge in [-0.15, -0.1) is 0 Å². The first-order valence-electron chi connectivity index (χ1n) is 9.21. The third kappa shape index (κ3) is 4.10. The fraction of sp³-hybridized carbons (Fsp3) is 0.0769. The standard InChI is InChI=1S/C24H18.C2H6/c1-3-9-19(10-4-1)21-13-7-15-23(17-21)24-16-8-14-22(18-24)20-11-5-2-6-12-20;1-2/h1-18H;1-2H3. The lowest BCUT2D eigenvalue weighted by Gasteiger charge is -2.08. The Morgan fingerprint density at radius 1 is 0.308 bits per heavy atom. The van der Waals surface area contributed by atoms with Crippen molar-refractivity contribution in [2.75, 3.05) is 0 Å². The van der Waals surface area contributed by atoms with Gasteiger partial charge in [-0.1, -0.05) is 111 Å². The van der Waals surface area contributed by atoms with E-state index in [-0.39, 0.29) is 0 Å². The van der Waals surface area contributed by atoms with Crippen LogP contribution in [0.15, 0.2) is 109 Å². The van der Waals surface area contributed by atoms with Crippen LogP contribution in [0.1, 0.15) is 13.8 Å². The van der Waals surface area contributed by atoms with Crippen LogP contribution in [0.3, 0.4) is 0 Å². The molecule has 0 saturated heterocycles. The average Bonchev–Trinajstić information content (AvgIpc) is 2.77. The molecule has 0 heterocycles. The number of rotatable bonds is 3. The molecule has 0 aliphatic carbocycles. The first kappa shape index (κ1) is 17.7. The highest BCUT2D eigenvalue weighted by Gasteiger charge is 2.03. The van der Waals surface area contributed by atoms with Crippen LogP contribution >= 0.6 is 0 Å². The molecule has 0 radical (unpaired) electrons. The van der Waals surface area contributed by atoms with E-state index >= 15 is 0 Å². The maximum Gasteiger partial charge on any atom is -0.0178 e. The van der Waals surface area contributed by atoms with Crippen molar-refractivity contribution < 1.29 is 0 Å². The highest BCUT2D eigenvalue weighted by molar-refractivity contribution is 5.76. The second-order valence-electron chi connectivity index (χ2n) is 5.89. The molecule has 128 valence electrons. The molecule has 0 aliphatic rings. The van der Waals surface area contributed by atoms with Crippen molar-refractivity contribution in [2.24, 2.45) is 0 Å². The van der Waals surface area contributed by atoms with E-state index in [0.717, 1.165) is 0 Å². The molecule has 0 heteroatoms. The zero-order valence-corrected chi connectivity index (χ0v) is 15.4. The maximum absolute atomic E-state index is 2.26. The number of hydrogen-bond acceptors (Lipinski definition) is 0. The second-order valence-corrected chi connectivity index (χ2v) is 5.89. The summed E-state index contributed by atoms with van der Waals surface area (Å²) in [6.07, 6.45) is 0. The van der Waals surface area contributed by atoms with E-state index in [0.29, 0.717) is 0 Å². The lowest BCUT2D eigenvalue weighted by Crippen LogP contribution is -1.83. The van der Waals surface area contributed by atoms with Crippen molar-refractivity contribution in [2.45, 2.75) is 13.8 Å². The third-order valence-corrected chi connectivity index (χ3v) is 4.27. The summed E-state index contributed by atoms with van der Waals surface area (Å²) in [4.78, 5) is 0. The van der Waals surface area contributed by atoms with Gasteiger partial charge >= 0.3 is 0 Å². The van der Waals surface area contributed by atoms with Crippen LogP contribution in [-0.2, 0) is 0 Å². The SMILES string of the molecule is CC.c1ccc(-c2cccc(-c3cccc(-c4ccccc4)c3)c2)cc1. The Morgan fingerprint density at radius 2 is 0.577 bits per heavy atom. The summed E-state index contributed by atoms with van der Waals surface area (Å²) in [5, 5.41) is 0. The molecular formula is C26H24. The van der Waals surface area contributed by atoms with Crippen molar-refractivity contribution in [1.82, 2.24) is 0 Å². The van der Waals surface area contributed by atoms with Gasteiger partial charge in [0.25, 0.3) is 0 Å². The van der Waals surface area contributed by atoms with Crippen LogP contribution in [-0.4, -0.2) is 0 Å². The molecular weight excluding hydrogens is 312 g/mol. The summed E-state index contributed by atoms with van der Waals surface area (Å²) in [5.41, 5.74) is 7.48. The Labute approximate surface area is 156 Å². The molecule has 0 aromatic heterocycles. The predicted octanol–water partition coefficient (Wildman–Crippen LogP) is 7.71. The van der Waals surface area contributed by atoms with E-state index in [1.54, 1.807) is 0 Å². The summed E-state index contributed by atoms with van der Waals surface area (Å²) in [6.45, 7) is 4.00. The van der Waals surface area contributed by atoms with Gasteiger partial charge in [-0.05, 0) is 45.5 Å². The van der Waals surface area contributed by atoms with Gasteiger partial charge in [0.05, 0.1) is 0 Å². The summed E-state index contributed by atoms with van der Waals surface area (Å²) in [6, 6.07) is 38.5. The fourth-order valence-corrected chi connectivity index (χ4v) is 3.02. The van der Waals surface area contributed by atoms with Crippen LogP contribution < -0.4 is 0 Å². The molecule has 0 fully saturated rings. The van der Waals surface area contributed by atoms with E-state index < -0.39 is 0 Å². The third-order valence-electron chi connectivity index (χ3n) is 4.27. The number of benzene rings is 4. The zero-order valence-electron chi connectivity index (χ0n) is 15.4. The van der Waals surface area contributed by atoms with E-state index in [2.05, 4.69) is 109 Å². The van der Waals surface area contributed by atoms with Gasteiger partial charge < -0.3 is 0 Å². The van der Waals surface area contributed by atoms with Crippen molar-refractivity contribution in [3.63, 3.8) is 0 Å². The van der Waals surface area contributed by atoms with E-state index in [9.17, 15) is 0 Å². The van der Waals surface area contributed by atoms with E-state index in [1.165, 1.54) is 33.4 Å². The van der Waals surface area contributed by atoms with Crippen LogP contribution in [0, 0.1) is 0 Å². The van der Waals surface area contributed by atoms with Gasteiger partial charge in [-0.25, -0.2) is 0 Å². The molecule has 0 spiro atoms. The lowest BCUT2D eigenvalue weighted by molar-refractivity contribution is 1.50. The quantitative estimate of drug-likeness (QED) is 0.359. The van der Waals surface area contributed by atoms with Crippen LogP contribution in [0.2, 0.25) is 0 Å². The second kappa shape index (κ2) is 8.82. The van der Waals surface area contributed by atoms with Crippen LogP contribution in [0.4, 0.5) is 0 Å². The largest absolute Gasteiger partial charge is 0.0683 e. The molecule has 0 N–H and O–H groups in total. The fourth-order valence-electron chi connectivity index (χ4n) is 3.02. The van der Waals surface area contributed by atoms with Crippen molar-refractivity contribution in [3.05, 3.63) is 109 Å². The highest BCUT2D eigenvalue weighted by atomic mass is 14.1. The Morgan fingerprint density at radius 3 is 0.923 bits per heavy atom. The average molecular weight is 336 g/mol.